The van der Waals surface area contributed by atoms with Gasteiger partial charge < -0.3 is 15.8 Å². The summed E-state index contributed by atoms with van der Waals surface area (Å²) in [4.78, 5) is 24.0. The summed E-state index contributed by atoms with van der Waals surface area (Å²) in [7, 11) is 1.60. The predicted molar refractivity (Wildman–Crippen MR) is 90.5 cm³/mol. The summed E-state index contributed by atoms with van der Waals surface area (Å²) in [5.74, 6) is 0.274. The van der Waals surface area contributed by atoms with Gasteiger partial charge in [-0.1, -0.05) is 24.3 Å². The van der Waals surface area contributed by atoms with Crippen molar-refractivity contribution in [2.24, 2.45) is 5.73 Å². The summed E-state index contributed by atoms with van der Waals surface area (Å²) in [6.45, 7) is 0.394. The van der Waals surface area contributed by atoms with E-state index in [0.29, 0.717) is 12.1 Å². The highest BCUT2D eigenvalue weighted by Crippen LogP contribution is 2.22. The second-order valence-corrected chi connectivity index (χ2v) is 5.80. The van der Waals surface area contributed by atoms with E-state index < -0.39 is 5.91 Å². The zero-order chi connectivity index (χ0) is 16.7. The lowest BCUT2D eigenvalue weighted by atomic mass is 10.2. The van der Waals surface area contributed by atoms with Crippen molar-refractivity contribution in [3.05, 3.63) is 59.7 Å². The number of rotatable bonds is 7. The number of hydrogen-bond acceptors (Lipinski definition) is 4. The van der Waals surface area contributed by atoms with Crippen LogP contribution in [0.25, 0.3) is 0 Å². The minimum atomic E-state index is -0.415. The van der Waals surface area contributed by atoms with E-state index in [-0.39, 0.29) is 11.7 Å². The molecule has 6 heteroatoms. The molecule has 2 aromatic rings. The van der Waals surface area contributed by atoms with Gasteiger partial charge in [-0.15, -0.1) is 11.8 Å². The first-order valence-electron chi connectivity index (χ1n) is 7.01. The lowest BCUT2D eigenvalue weighted by Crippen LogP contribution is -2.23. The molecule has 0 aliphatic carbocycles. The number of carbonyl (C=O) groups is 2. The van der Waals surface area contributed by atoms with Crippen LogP contribution in [0.3, 0.4) is 0 Å². The van der Waals surface area contributed by atoms with E-state index in [2.05, 4.69) is 5.32 Å². The maximum absolute atomic E-state index is 12.4. The fourth-order valence-electron chi connectivity index (χ4n) is 1.99. The van der Waals surface area contributed by atoms with Crippen molar-refractivity contribution in [2.45, 2.75) is 11.4 Å². The monoisotopic (exact) mass is 330 g/mol. The standard InChI is InChI=1S/C17H18N2O3S/c1-22-13-6-4-5-12(9-13)10-19-17(21)14-7-2-3-8-15(14)23-11-16(18)20/h2-9H,10-11H2,1H3,(H2,18,20)(H,19,21). The zero-order valence-electron chi connectivity index (χ0n) is 12.7. The van der Waals surface area contributed by atoms with E-state index in [4.69, 9.17) is 10.5 Å². The van der Waals surface area contributed by atoms with E-state index in [1.54, 1.807) is 25.3 Å². The molecule has 0 unspecified atom stereocenters. The maximum Gasteiger partial charge on any atom is 0.252 e. The molecule has 0 spiro atoms. The van der Waals surface area contributed by atoms with Gasteiger partial charge in [-0.25, -0.2) is 0 Å². The molecule has 5 nitrogen and oxygen atoms in total. The van der Waals surface area contributed by atoms with Crippen molar-refractivity contribution in [2.75, 3.05) is 12.9 Å². The van der Waals surface area contributed by atoms with Gasteiger partial charge in [-0.05, 0) is 29.8 Å². The summed E-state index contributed by atoms with van der Waals surface area (Å²) >= 11 is 1.26. The van der Waals surface area contributed by atoms with Gasteiger partial charge in [0.15, 0.2) is 0 Å². The number of ether oxygens (including phenoxy) is 1. The summed E-state index contributed by atoms with van der Waals surface area (Å²) in [5, 5.41) is 2.87. The van der Waals surface area contributed by atoms with Crippen LogP contribution in [-0.4, -0.2) is 24.7 Å². The minimum Gasteiger partial charge on any atom is -0.497 e. The van der Waals surface area contributed by atoms with Crippen molar-refractivity contribution in [3.8, 4) is 5.75 Å². The van der Waals surface area contributed by atoms with Gasteiger partial charge in [0, 0.05) is 11.4 Å². The summed E-state index contributed by atoms with van der Waals surface area (Å²) in [5.41, 5.74) is 6.63. The lowest BCUT2D eigenvalue weighted by molar-refractivity contribution is -0.115. The third-order valence-corrected chi connectivity index (χ3v) is 4.18. The Bertz CT molecular complexity index is 704. The molecule has 2 aromatic carbocycles. The Morgan fingerprint density at radius 2 is 1.96 bits per heavy atom. The Balaban J connectivity index is 2.04. The first-order valence-corrected chi connectivity index (χ1v) is 8.00. The molecule has 23 heavy (non-hydrogen) atoms. The van der Waals surface area contributed by atoms with Gasteiger partial charge in [0.1, 0.15) is 5.75 Å². The molecule has 0 aliphatic rings. The first kappa shape index (κ1) is 16.9. The van der Waals surface area contributed by atoms with Gasteiger partial charge >= 0.3 is 0 Å². The Kier molecular flexibility index (Phi) is 6.05. The number of carbonyl (C=O) groups excluding carboxylic acids is 2. The summed E-state index contributed by atoms with van der Waals surface area (Å²) < 4.78 is 5.16. The molecule has 0 saturated heterocycles. The summed E-state index contributed by atoms with van der Waals surface area (Å²) in [6.07, 6.45) is 0. The Morgan fingerprint density at radius 1 is 1.17 bits per heavy atom. The van der Waals surface area contributed by atoms with Crippen LogP contribution >= 0.6 is 11.8 Å². The molecule has 2 amide bonds. The molecular weight excluding hydrogens is 312 g/mol. The van der Waals surface area contributed by atoms with Crippen molar-refractivity contribution < 1.29 is 14.3 Å². The smallest absolute Gasteiger partial charge is 0.252 e. The van der Waals surface area contributed by atoms with Gasteiger partial charge in [0.2, 0.25) is 5.91 Å². The number of amides is 2. The maximum atomic E-state index is 12.4. The Morgan fingerprint density at radius 3 is 2.70 bits per heavy atom. The average molecular weight is 330 g/mol. The quantitative estimate of drug-likeness (QED) is 0.763. The second-order valence-electron chi connectivity index (χ2n) is 4.79. The molecule has 0 aromatic heterocycles. The largest absolute Gasteiger partial charge is 0.497 e. The van der Waals surface area contributed by atoms with Gasteiger partial charge in [-0.3, -0.25) is 9.59 Å². The van der Waals surface area contributed by atoms with Crippen LogP contribution in [0.2, 0.25) is 0 Å². The second kappa shape index (κ2) is 8.24. The van der Waals surface area contributed by atoms with E-state index in [1.807, 2.05) is 30.3 Å². The normalized spacial score (nSPS) is 10.1. The molecule has 0 heterocycles. The molecular formula is C17H18N2O3S. The molecule has 0 fully saturated rings. The molecule has 0 atom stereocenters. The van der Waals surface area contributed by atoms with Gasteiger partial charge in [-0.2, -0.15) is 0 Å². The van der Waals surface area contributed by atoms with Crippen molar-refractivity contribution >= 4 is 23.6 Å². The Hall–Kier alpha value is -2.47. The molecule has 0 aliphatic heterocycles. The van der Waals surface area contributed by atoms with Crippen LogP contribution in [0.15, 0.2) is 53.4 Å². The highest BCUT2D eigenvalue weighted by molar-refractivity contribution is 8.00. The van der Waals surface area contributed by atoms with E-state index >= 15 is 0 Å². The van der Waals surface area contributed by atoms with E-state index in [9.17, 15) is 9.59 Å². The number of nitrogens with two attached hydrogens (primary N) is 1. The molecule has 0 bridgehead atoms. The van der Waals surface area contributed by atoms with Crippen LogP contribution in [0, 0.1) is 0 Å². The molecule has 3 N–H and O–H groups in total. The average Bonchev–Trinajstić information content (AvgIpc) is 2.58. The Labute approximate surface area is 139 Å². The fraction of sp³-hybridized carbons (Fsp3) is 0.176. The predicted octanol–water partition coefficient (Wildman–Crippen LogP) is 2.20. The van der Waals surface area contributed by atoms with E-state index in [1.165, 1.54) is 11.8 Å². The number of benzene rings is 2. The SMILES string of the molecule is COc1cccc(CNC(=O)c2ccccc2SCC(N)=O)c1. The fourth-order valence-corrected chi connectivity index (χ4v) is 2.78. The number of thioether (sulfide) groups is 1. The molecule has 0 saturated carbocycles. The van der Waals surface area contributed by atoms with Crippen LogP contribution in [0.1, 0.15) is 15.9 Å². The highest BCUT2D eigenvalue weighted by atomic mass is 32.2. The first-order chi connectivity index (χ1) is 11.1. The van der Waals surface area contributed by atoms with E-state index in [0.717, 1.165) is 16.2 Å². The zero-order valence-corrected chi connectivity index (χ0v) is 13.6. The molecule has 2 rings (SSSR count). The highest BCUT2D eigenvalue weighted by Gasteiger charge is 2.12. The van der Waals surface area contributed by atoms with Gasteiger partial charge in [0.25, 0.3) is 5.91 Å². The van der Waals surface area contributed by atoms with Crippen molar-refractivity contribution in [1.29, 1.82) is 0 Å². The molecule has 0 radical (unpaired) electrons. The molecule has 120 valence electrons. The van der Waals surface area contributed by atoms with Crippen LogP contribution in [-0.2, 0) is 11.3 Å². The topological polar surface area (TPSA) is 81.4 Å². The number of nitrogens with one attached hydrogen (secondary N) is 1. The number of primary amides is 1. The summed E-state index contributed by atoms with van der Waals surface area (Å²) in [6, 6.07) is 14.6. The van der Waals surface area contributed by atoms with Crippen LogP contribution in [0.4, 0.5) is 0 Å². The lowest BCUT2D eigenvalue weighted by Gasteiger charge is -2.10. The minimum absolute atomic E-state index is 0.139. The number of hydrogen-bond donors (Lipinski definition) is 2. The van der Waals surface area contributed by atoms with Crippen LogP contribution in [0.5, 0.6) is 5.75 Å². The third kappa shape index (κ3) is 5.03. The third-order valence-electron chi connectivity index (χ3n) is 3.09. The van der Waals surface area contributed by atoms with Crippen molar-refractivity contribution in [1.82, 2.24) is 5.32 Å². The van der Waals surface area contributed by atoms with Gasteiger partial charge in [0.05, 0.1) is 18.4 Å². The number of methoxy groups -OCH3 is 1. The van der Waals surface area contributed by atoms with Crippen molar-refractivity contribution in [3.63, 3.8) is 0 Å². The van der Waals surface area contributed by atoms with Crippen LogP contribution < -0.4 is 15.8 Å².